The van der Waals surface area contributed by atoms with Gasteiger partial charge in [0, 0.05) is 12.0 Å². The molecule has 1 fully saturated rings. The molecular weight excluding hydrogens is 326 g/mol. The summed E-state index contributed by atoms with van der Waals surface area (Å²) in [6.45, 7) is 0. The molecule has 1 atom stereocenters. The Hall–Kier alpha value is -0.620. The molecule has 0 spiro atoms. The van der Waals surface area contributed by atoms with Crippen LogP contribution in [0.25, 0.3) is 0 Å². The van der Waals surface area contributed by atoms with Crippen LogP contribution in [-0.2, 0) is 11.2 Å². The van der Waals surface area contributed by atoms with Crippen LogP contribution >= 0.6 is 27.7 Å². The maximum absolute atomic E-state index is 13.9. The fourth-order valence-electron chi connectivity index (χ4n) is 2.10. The molecule has 0 aromatic heterocycles. The molecular formula is C12H11BrF2O2S. The van der Waals surface area contributed by atoms with E-state index in [-0.39, 0.29) is 16.5 Å². The lowest BCUT2D eigenvalue weighted by atomic mass is 9.94. The number of carboxylic acid groups (broad SMARTS) is 1. The van der Waals surface area contributed by atoms with Crippen LogP contribution in [0.15, 0.2) is 16.6 Å². The number of rotatable bonds is 3. The summed E-state index contributed by atoms with van der Waals surface area (Å²) in [6, 6.07) is 2.43. The second kappa shape index (κ2) is 5.17. The number of carbonyl (C=O) groups is 1. The first-order valence-electron chi connectivity index (χ1n) is 5.46. The predicted octanol–water partition coefficient (Wildman–Crippen LogP) is 3.62. The monoisotopic (exact) mass is 336 g/mol. The Morgan fingerprint density at radius 2 is 2.22 bits per heavy atom. The van der Waals surface area contributed by atoms with Gasteiger partial charge in [-0.3, -0.25) is 4.79 Å². The van der Waals surface area contributed by atoms with E-state index in [1.165, 1.54) is 17.8 Å². The molecule has 0 amide bonds. The minimum atomic E-state index is -1.09. The maximum atomic E-state index is 13.9. The van der Waals surface area contributed by atoms with E-state index in [0.29, 0.717) is 12.2 Å². The normalized spacial score (nSPS) is 23.3. The Morgan fingerprint density at radius 3 is 2.78 bits per heavy atom. The number of benzene rings is 1. The first-order chi connectivity index (χ1) is 8.46. The van der Waals surface area contributed by atoms with Crippen molar-refractivity contribution in [3.63, 3.8) is 0 Å². The Bertz CT molecular complexity index is 487. The number of aliphatic carboxylic acids is 1. The predicted molar refractivity (Wildman–Crippen MR) is 69.8 cm³/mol. The highest BCUT2D eigenvalue weighted by atomic mass is 79.9. The van der Waals surface area contributed by atoms with E-state index in [4.69, 9.17) is 0 Å². The van der Waals surface area contributed by atoms with Gasteiger partial charge in [0.25, 0.3) is 0 Å². The Morgan fingerprint density at radius 1 is 1.50 bits per heavy atom. The molecule has 0 aliphatic carbocycles. The van der Waals surface area contributed by atoms with Crippen molar-refractivity contribution in [2.45, 2.75) is 24.0 Å². The molecule has 1 aromatic carbocycles. The van der Waals surface area contributed by atoms with E-state index in [1.807, 2.05) is 0 Å². The van der Waals surface area contributed by atoms with Gasteiger partial charge >= 0.3 is 5.97 Å². The average molecular weight is 337 g/mol. The lowest BCUT2D eigenvalue weighted by Gasteiger charge is -2.23. The summed E-state index contributed by atoms with van der Waals surface area (Å²) in [5.74, 6) is -1.68. The quantitative estimate of drug-likeness (QED) is 0.856. The molecule has 1 N–H and O–H groups in total. The summed E-state index contributed by atoms with van der Waals surface area (Å²) in [4.78, 5) is 11.4. The van der Waals surface area contributed by atoms with Crippen molar-refractivity contribution in [1.29, 1.82) is 0 Å². The van der Waals surface area contributed by atoms with Gasteiger partial charge in [0.2, 0.25) is 0 Å². The molecule has 1 heterocycles. The third kappa shape index (κ3) is 2.40. The molecule has 0 radical (unpaired) electrons. The fourth-order valence-corrected chi connectivity index (χ4v) is 3.81. The maximum Gasteiger partial charge on any atom is 0.320 e. The summed E-state index contributed by atoms with van der Waals surface area (Å²) in [5, 5.41) is 9.30. The zero-order valence-corrected chi connectivity index (χ0v) is 11.8. The van der Waals surface area contributed by atoms with Gasteiger partial charge in [0.05, 0.1) is 4.47 Å². The summed E-state index contributed by atoms with van der Waals surface area (Å²) >= 11 is 4.26. The van der Waals surface area contributed by atoms with Crippen molar-refractivity contribution >= 4 is 33.7 Å². The number of hydrogen-bond acceptors (Lipinski definition) is 2. The van der Waals surface area contributed by atoms with Crippen molar-refractivity contribution in [1.82, 2.24) is 0 Å². The van der Waals surface area contributed by atoms with Crippen LogP contribution in [-0.4, -0.2) is 21.6 Å². The van der Waals surface area contributed by atoms with E-state index in [2.05, 4.69) is 15.9 Å². The van der Waals surface area contributed by atoms with Gasteiger partial charge in [0.15, 0.2) is 0 Å². The molecule has 1 aliphatic rings. The third-order valence-corrected chi connectivity index (χ3v) is 5.28. The molecule has 6 heteroatoms. The van der Waals surface area contributed by atoms with Crippen LogP contribution in [0.4, 0.5) is 8.78 Å². The number of carboxylic acids is 1. The lowest BCUT2D eigenvalue weighted by molar-refractivity contribution is -0.139. The number of halogens is 3. The van der Waals surface area contributed by atoms with Gasteiger partial charge < -0.3 is 5.11 Å². The van der Waals surface area contributed by atoms with Crippen LogP contribution < -0.4 is 0 Å². The summed E-state index contributed by atoms with van der Waals surface area (Å²) < 4.78 is 26.6. The van der Waals surface area contributed by atoms with Crippen LogP contribution in [0.3, 0.4) is 0 Å². The van der Waals surface area contributed by atoms with Crippen molar-refractivity contribution in [3.8, 4) is 0 Å². The molecule has 0 bridgehead atoms. The van der Waals surface area contributed by atoms with E-state index in [9.17, 15) is 18.7 Å². The van der Waals surface area contributed by atoms with Gasteiger partial charge in [-0.05, 0) is 46.7 Å². The summed E-state index contributed by atoms with van der Waals surface area (Å²) in [6.07, 6.45) is 1.08. The zero-order valence-electron chi connectivity index (χ0n) is 9.38. The Kier molecular flexibility index (Phi) is 3.96. The molecule has 1 aliphatic heterocycles. The standard InChI is InChI=1S/C12H11BrF2O2S/c13-8-2-3-9(14)7(10(8)15)6-12(11(16)17)4-1-5-18-12/h2-3H,1,4-6H2,(H,16,17). The highest BCUT2D eigenvalue weighted by Gasteiger charge is 2.43. The van der Waals surface area contributed by atoms with E-state index in [1.54, 1.807) is 0 Å². The Balaban J connectivity index is 2.39. The van der Waals surface area contributed by atoms with Gasteiger partial charge in [-0.25, -0.2) is 8.78 Å². The topological polar surface area (TPSA) is 37.3 Å². The largest absolute Gasteiger partial charge is 0.480 e. The molecule has 0 saturated carbocycles. The fraction of sp³-hybridized carbons (Fsp3) is 0.417. The van der Waals surface area contributed by atoms with Crippen molar-refractivity contribution in [2.24, 2.45) is 0 Å². The van der Waals surface area contributed by atoms with Gasteiger partial charge in [-0.1, -0.05) is 0 Å². The highest BCUT2D eigenvalue weighted by Crippen LogP contribution is 2.42. The van der Waals surface area contributed by atoms with Crippen LogP contribution in [0.1, 0.15) is 18.4 Å². The van der Waals surface area contributed by atoms with Crippen molar-refractivity contribution < 1.29 is 18.7 Å². The average Bonchev–Trinajstić information content (AvgIpc) is 2.80. The van der Waals surface area contributed by atoms with Crippen LogP contribution in [0, 0.1) is 11.6 Å². The minimum Gasteiger partial charge on any atom is -0.480 e. The molecule has 1 aromatic rings. The summed E-state index contributed by atoms with van der Waals surface area (Å²) in [5.41, 5.74) is -0.152. The highest BCUT2D eigenvalue weighted by molar-refractivity contribution is 9.10. The molecule has 2 nitrogen and oxygen atoms in total. The molecule has 1 saturated heterocycles. The van der Waals surface area contributed by atoms with Crippen molar-refractivity contribution in [2.75, 3.05) is 5.75 Å². The first kappa shape index (κ1) is 13.8. The minimum absolute atomic E-state index is 0.121. The van der Waals surface area contributed by atoms with E-state index < -0.39 is 22.4 Å². The van der Waals surface area contributed by atoms with Crippen LogP contribution in [0.5, 0.6) is 0 Å². The lowest BCUT2D eigenvalue weighted by Crippen LogP contribution is -2.35. The number of thioether (sulfide) groups is 1. The number of hydrogen-bond donors (Lipinski definition) is 1. The summed E-state index contributed by atoms with van der Waals surface area (Å²) in [7, 11) is 0. The van der Waals surface area contributed by atoms with Gasteiger partial charge in [-0.15, -0.1) is 11.8 Å². The van der Waals surface area contributed by atoms with E-state index in [0.717, 1.165) is 12.5 Å². The molecule has 18 heavy (non-hydrogen) atoms. The SMILES string of the molecule is O=C(O)C1(Cc2c(F)ccc(Br)c2F)CCCS1. The molecule has 2 rings (SSSR count). The smallest absolute Gasteiger partial charge is 0.320 e. The Labute approximate surface area is 116 Å². The zero-order chi connectivity index (χ0) is 13.3. The van der Waals surface area contributed by atoms with E-state index >= 15 is 0 Å². The van der Waals surface area contributed by atoms with Gasteiger partial charge in [0.1, 0.15) is 16.4 Å². The first-order valence-corrected chi connectivity index (χ1v) is 7.24. The van der Waals surface area contributed by atoms with Gasteiger partial charge in [-0.2, -0.15) is 0 Å². The van der Waals surface area contributed by atoms with Crippen molar-refractivity contribution in [3.05, 3.63) is 33.8 Å². The second-order valence-corrected chi connectivity index (χ2v) is 6.58. The molecule has 1 unspecified atom stereocenters. The second-order valence-electron chi connectivity index (χ2n) is 4.25. The van der Waals surface area contributed by atoms with Crippen LogP contribution in [0.2, 0.25) is 0 Å². The third-order valence-electron chi connectivity index (χ3n) is 3.09. The molecule has 98 valence electrons.